The van der Waals surface area contributed by atoms with Gasteiger partial charge in [-0.25, -0.2) is 0 Å². The van der Waals surface area contributed by atoms with Gasteiger partial charge in [0, 0.05) is 44.0 Å². The van der Waals surface area contributed by atoms with Gasteiger partial charge < -0.3 is 14.5 Å². The topological polar surface area (TPSA) is 62.7 Å². The molecule has 0 spiro atoms. The van der Waals surface area contributed by atoms with Crippen molar-refractivity contribution >= 4 is 11.8 Å². The highest BCUT2D eigenvalue weighted by atomic mass is 16.5. The largest absolute Gasteiger partial charge is 0.493 e. The minimum absolute atomic E-state index is 0.0213. The second-order valence-corrected chi connectivity index (χ2v) is 7.96. The summed E-state index contributed by atoms with van der Waals surface area (Å²) in [4.78, 5) is 34.9. The average Bonchev–Trinajstić information content (AvgIpc) is 2.86. The summed E-state index contributed by atoms with van der Waals surface area (Å²) in [6, 6.07) is 18.6. The smallest absolute Gasteiger partial charge is 0.258 e. The minimum atomic E-state index is -0.585. The van der Waals surface area contributed by atoms with Crippen molar-refractivity contribution in [2.45, 2.75) is 26.3 Å². The second kappa shape index (κ2) is 10.3. The summed E-state index contributed by atoms with van der Waals surface area (Å²) >= 11 is 0. The van der Waals surface area contributed by atoms with E-state index in [0.717, 1.165) is 16.7 Å². The first-order valence-electron chi connectivity index (χ1n) is 11.4. The van der Waals surface area contributed by atoms with E-state index in [1.54, 1.807) is 23.2 Å². The van der Waals surface area contributed by atoms with Crippen LogP contribution in [0.2, 0.25) is 0 Å². The quantitative estimate of drug-likeness (QED) is 0.552. The molecule has 1 aliphatic heterocycles. The molecule has 6 nitrogen and oxygen atoms in total. The number of piperazine rings is 1. The molecule has 1 aromatic heterocycles. The first-order chi connectivity index (χ1) is 16.1. The van der Waals surface area contributed by atoms with Gasteiger partial charge in [-0.2, -0.15) is 0 Å². The first-order valence-corrected chi connectivity index (χ1v) is 11.4. The lowest BCUT2D eigenvalue weighted by Crippen LogP contribution is -2.59. The molecule has 0 aliphatic carbocycles. The van der Waals surface area contributed by atoms with E-state index < -0.39 is 6.04 Å². The minimum Gasteiger partial charge on any atom is -0.493 e. The van der Waals surface area contributed by atoms with Gasteiger partial charge >= 0.3 is 0 Å². The van der Waals surface area contributed by atoms with Crippen molar-refractivity contribution in [1.82, 2.24) is 14.8 Å². The van der Waals surface area contributed by atoms with Gasteiger partial charge in [-0.3, -0.25) is 14.6 Å². The first kappa shape index (κ1) is 22.5. The molecular weight excluding hydrogens is 414 g/mol. The number of amides is 2. The van der Waals surface area contributed by atoms with Crippen LogP contribution in [0.3, 0.4) is 0 Å². The summed E-state index contributed by atoms with van der Waals surface area (Å²) in [6.45, 7) is 5.96. The van der Waals surface area contributed by atoms with Crippen molar-refractivity contribution in [1.29, 1.82) is 0 Å². The molecule has 0 saturated carbocycles. The fraction of sp³-hybridized carbons (Fsp3) is 0.296. The number of hydrogen-bond donors (Lipinski definition) is 0. The van der Waals surface area contributed by atoms with E-state index >= 15 is 0 Å². The van der Waals surface area contributed by atoms with Crippen LogP contribution >= 0.6 is 0 Å². The molecule has 4 rings (SSSR count). The number of hydrogen-bond acceptors (Lipinski definition) is 4. The van der Waals surface area contributed by atoms with Crippen LogP contribution < -0.4 is 4.74 Å². The lowest BCUT2D eigenvalue weighted by atomic mass is 9.93. The molecule has 33 heavy (non-hydrogen) atoms. The number of benzene rings is 2. The predicted molar refractivity (Wildman–Crippen MR) is 128 cm³/mol. The molecule has 2 heterocycles. The van der Waals surface area contributed by atoms with Crippen molar-refractivity contribution in [3.63, 3.8) is 0 Å². The molecule has 170 valence electrons. The van der Waals surface area contributed by atoms with Gasteiger partial charge in [0.05, 0.1) is 12.2 Å². The number of aromatic nitrogens is 1. The third-order valence-electron chi connectivity index (χ3n) is 6.05. The maximum absolute atomic E-state index is 13.7. The van der Waals surface area contributed by atoms with Gasteiger partial charge in [0.25, 0.3) is 5.91 Å². The molecule has 6 heteroatoms. The van der Waals surface area contributed by atoms with Gasteiger partial charge in [0.15, 0.2) is 0 Å². The summed E-state index contributed by atoms with van der Waals surface area (Å²) in [6.07, 6.45) is 4.00. The van der Waals surface area contributed by atoms with Gasteiger partial charge in [-0.05, 0) is 43.2 Å². The van der Waals surface area contributed by atoms with E-state index in [9.17, 15) is 9.59 Å². The van der Waals surface area contributed by atoms with Crippen molar-refractivity contribution in [3.05, 3.63) is 84.2 Å². The second-order valence-electron chi connectivity index (χ2n) is 7.96. The monoisotopic (exact) mass is 443 g/mol. The molecule has 1 saturated heterocycles. The molecule has 2 amide bonds. The Kier molecular flexibility index (Phi) is 7.03. The zero-order valence-corrected chi connectivity index (χ0v) is 19.1. The number of rotatable bonds is 7. The molecule has 1 atom stereocenters. The maximum Gasteiger partial charge on any atom is 0.258 e. The van der Waals surface area contributed by atoms with Crippen LogP contribution in [0.4, 0.5) is 0 Å². The van der Waals surface area contributed by atoms with Gasteiger partial charge in [0.2, 0.25) is 5.91 Å². The van der Waals surface area contributed by atoms with Crippen molar-refractivity contribution < 1.29 is 14.3 Å². The predicted octanol–water partition coefficient (Wildman–Crippen LogP) is 4.06. The summed E-state index contributed by atoms with van der Waals surface area (Å²) in [5, 5.41) is 0. The van der Waals surface area contributed by atoms with Crippen molar-refractivity contribution in [2.24, 2.45) is 0 Å². The fourth-order valence-electron chi connectivity index (χ4n) is 4.38. The lowest BCUT2D eigenvalue weighted by Gasteiger charge is -2.40. The normalized spacial score (nSPS) is 16.1. The van der Waals surface area contributed by atoms with E-state index in [-0.39, 0.29) is 11.8 Å². The zero-order chi connectivity index (χ0) is 23.2. The van der Waals surface area contributed by atoms with Crippen LogP contribution in [0.25, 0.3) is 11.1 Å². The Morgan fingerprint density at radius 2 is 1.82 bits per heavy atom. The Bertz CT molecular complexity index is 1120. The number of ether oxygens (including phenoxy) is 1. The molecule has 1 fully saturated rings. The van der Waals surface area contributed by atoms with E-state index in [2.05, 4.69) is 4.98 Å². The molecule has 2 aromatic carbocycles. The van der Waals surface area contributed by atoms with E-state index in [1.807, 2.05) is 73.5 Å². The molecule has 0 radical (unpaired) electrons. The maximum atomic E-state index is 13.7. The van der Waals surface area contributed by atoms with E-state index in [4.69, 9.17) is 4.74 Å². The van der Waals surface area contributed by atoms with E-state index in [0.29, 0.717) is 44.0 Å². The molecule has 3 aromatic rings. The number of pyridine rings is 1. The number of carbonyl (C=O) groups excluding carboxylic acids is 2. The third kappa shape index (κ3) is 4.75. The Labute approximate surface area is 194 Å². The SMILES string of the molecule is CCOc1ccccc1C(=O)N1CCN(CC)C(=O)C1Cc1ccccc1-c1cccnc1. The highest BCUT2D eigenvalue weighted by Crippen LogP contribution is 2.28. The van der Waals surface area contributed by atoms with Crippen molar-refractivity contribution in [3.8, 4) is 16.9 Å². The Hall–Kier alpha value is -3.67. The zero-order valence-electron chi connectivity index (χ0n) is 19.1. The summed E-state index contributed by atoms with van der Waals surface area (Å²) in [5.41, 5.74) is 3.51. The van der Waals surface area contributed by atoms with Crippen LogP contribution in [-0.4, -0.2) is 58.9 Å². The van der Waals surface area contributed by atoms with Gasteiger partial charge in [-0.1, -0.05) is 42.5 Å². The number of carbonyl (C=O) groups is 2. The van der Waals surface area contributed by atoms with Crippen LogP contribution in [-0.2, 0) is 11.2 Å². The Morgan fingerprint density at radius 1 is 1.03 bits per heavy atom. The Balaban J connectivity index is 1.70. The van der Waals surface area contributed by atoms with Gasteiger partial charge in [0.1, 0.15) is 11.8 Å². The van der Waals surface area contributed by atoms with Crippen LogP contribution in [0.1, 0.15) is 29.8 Å². The summed E-state index contributed by atoms with van der Waals surface area (Å²) < 4.78 is 5.70. The van der Waals surface area contributed by atoms with Gasteiger partial charge in [-0.15, -0.1) is 0 Å². The Morgan fingerprint density at radius 3 is 2.58 bits per heavy atom. The summed E-state index contributed by atoms with van der Waals surface area (Å²) in [7, 11) is 0. The number of likely N-dealkylation sites (N-methyl/N-ethyl adjacent to an activating group) is 1. The average molecular weight is 444 g/mol. The highest BCUT2D eigenvalue weighted by molar-refractivity contribution is 6.00. The standard InChI is InChI=1S/C27H29N3O3/c1-3-29-16-17-30(26(31)23-13-7-8-14-25(23)33-4-2)24(27(29)32)18-20-10-5-6-12-22(20)21-11-9-15-28-19-21/h5-15,19,24H,3-4,16-18H2,1-2H3. The van der Waals surface area contributed by atoms with Crippen LogP contribution in [0, 0.1) is 0 Å². The van der Waals surface area contributed by atoms with E-state index in [1.165, 1.54) is 0 Å². The molecule has 1 aliphatic rings. The lowest BCUT2D eigenvalue weighted by molar-refractivity contribution is -0.139. The molecule has 0 N–H and O–H groups in total. The third-order valence-corrected chi connectivity index (χ3v) is 6.05. The summed E-state index contributed by atoms with van der Waals surface area (Å²) in [5.74, 6) is 0.351. The highest BCUT2D eigenvalue weighted by Gasteiger charge is 2.38. The van der Waals surface area contributed by atoms with Crippen LogP contribution in [0.15, 0.2) is 73.1 Å². The fourth-order valence-corrected chi connectivity index (χ4v) is 4.38. The number of para-hydroxylation sites is 1. The molecule has 0 bridgehead atoms. The molecule has 1 unspecified atom stereocenters. The van der Waals surface area contributed by atoms with Crippen LogP contribution in [0.5, 0.6) is 5.75 Å². The number of nitrogens with zero attached hydrogens (tertiary/aromatic N) is 3. The molecular formula is C27H29N3O3. The van der Waals surface area contributed by atoms with Crippen molar-refractivity contribution in [2.75, 3.05) is 26.2 Å².